The molecule has 0 spiro atoms. The van der Waals surface area contributed by atoms with Crippen LogP contribution in [0.15, 0.2) is 12.3 Å². The molecule has 0 aliphatic heterocycles. The van der Waals surface area contributed by atoms with E-state index in [4.69, 9.17) is 0 Å². The van der Waals surface area contributed by atoms with Crippen LogP contribution in [0.5, 0.6) is 0 Å². The number of likely N-dealkylation sites (N-methyl/N-ethyl adjacent to an activating group) is 1. The maximum absolute atomic E-state index is 3.99. The Kier molecular flexibility index (Phi) is 9.22. The molecule has 0 saturated carbocycles. The van der Waals surface area contributed by atoms with Crippen molar-refractivity contribution in [2.24, 2.45) is 0 Å². The summed E-state index contributed by atoms with van der Waals surface area (Å²) in [7, 11) is 1.96. The third kappa shape index (κ3) is 9.41. The monoisotopic (exact) mass is 184 g/mol. The molecule has 0 unspecified atom stereocenters. The fourth-order valence-corrected chi connectivity index (χ4v) is 1.22. The van der Waals surface area contributed by atoms with Crippen molar-refractivity contribution in [3.05, 3.63) is 12.3 Å². The Bertz CT molecular complexity index is 121. The van der Waals surface area contributed by atoms with Gasteiger partial charge in [0.25, 0.3) is 0 Å². The fraction of sp³-hybridized carbons (Fsp3) is 0.818. The Balaban J connectivity index is 3.11. The predicted octanol–water partition coefficient (Wildman–Crippen LogP) is 2.28. The van der Waals surface area contributed by atoms with Crippen LogP contribution in [0.1, 0.15) is 39.0 Å². The van der Waals surface area contributed by atoms with Crippen LogP contribution in [0.2, 0.25) is 0 Å². The van der Waals surface area contributed by atoms with Gasteiger partial charge in [-0.25, -0.2) is 0 Å². The molecule has 2 nitrogen and oxygen atoms in total. The Morgan fingerprint density at radius 3 is 2.54 bits per heavy atom. The van der Waals surface area contributed by atoms with Crippen LogP contribution >= 0.6 is 0 Å². The zero-order valence-electron chi connectivity index (χ0n) is 9.16. The first-order valence-electron chi connectivity index (χ1n) is 5.37. The van der Waals surface area contributed by atoms with Crippen molar-refractivity contribution >= 4 is 0 Å². The Morgan fingerprint density at radius 1 is 1.15 bits per heavy atom. The van der Waals surface area contributed by atoms with Gasteiger partial charge in [-0.05, 0) is 19.9 Å². The minimum Gasteiger partial charge on any atom is -0.388 e. The lowest BCUT2D eigenvalue weighted by Gasteiger charge is -2.08. The third-order valence-corrected chi connectivity index (χ3v) is 2.08. The predicted molar refractivity (Wildman–Crippen MR) is 59.8 cm³/mol. The SMILES string of the molecule is C=C(CCCCCC)NCCNC. The zero-order chi connectivity index (χ0) is 9.94. The van der Waals surface area contributed by atoms with Crippen LogP contribution in [0.4, 0.5) is 0 Å². The molecule has 13 heavy (non-hydrogen) atoms. The van der Waals surface area contributed by atoms with Crippen LogP contribution in [0, 0.1) is 0 Å². The van der Waals surface area contributed by atoms with Gasteiger partial charge in [0, 0.05) is 18.8 Å². The Morgan fingerprint density at radius 2 is 1.92 bits per heavy atom. The van der Waals surface area contributed by atoms with E-state index in [1.807, 2.05) is 7.05 Å². The highest BCUT2D eigenvalue weighted by atomic mass is 14.9. The summed E-state index contributed by atoms with van der Waals surface area (Å²) in [6, 6.07) is 0. The average molecular weight is 184 g/mol. The van der Waals surface area contributed by atoms with Crippen LogP contribution in [0.3, 0.4) is 0 Å². The maximum atomic E-state index is 3.99. The lowest BCUT2D eigenvalue weighted by atomic mass is 10.1. The third-order valence-electron chi connectivity index (χ3n) is 2.08. The average Bonchev–Trinajstić information content (AvgIpc) is 2.13. The summed E-state index contributed by atoms with van der Waals surface area (Å²) < 4.78 is 0. The molecule has 0 aliphatic rings. The van der Waals surface area contributed by atoms with E-state index in [1.165, 1.54) is 31.4 Å². The molecule has 78 valence electrons. The van der Waals surface area contributed by atoms with E-state index in [-0.39, 0.29) is 0 Å². The molecule has 0 atom stereocenters. The number of hydrogen-bond acceptors (Lipinski definition) is 2. The summed E-state index contributed by atoms with van der Waals surface area (Å²) in [4.78, 5) is 0. The fourth-order valence-electron chi connectivity index (χ4n) is 1.22. The van der Waals surface area contributed by atoms with E-state index < -0.39 is 0 Å². The minimum absolute atomic E-state index is 0.989. The molecule has 0 heterocycles. The van der Waals surface area contributed by atoms with Gasteiger partial charge in [-0.15, -0.1) is 0 Å². The van der Waals surface area contributed by atoms with Crippen molar-refractivity contribution < 1.29 is 0 Å². The van der Waals surface area contributed by atoms with Crippen molar-refractivity contribution in [1.29, 1.82) is 0 Å². The first-order chi connectivity index (χ1) is 6.31. The number of nitrogens with one attached hydrogen (secondary N) is 2. The molecule has 0 rings (SSSR count). The summed E-state index contributed by atoms with van der Waals surface area (Å²) in [6.07, 6.45) is 6.40. The van der Waals surface area contributed by atoms with Gasteiger partial charge >= 0.3 is 0 Å². The number of rotatable bonds is 9. The van der Waals surface area contributed by atoms with E-state index >= 15 is 0 Å². The van der Waals surface area contributed by atoms with Gasteiger partial charge in [-0.1, -0.05) is 32.8 Å². The van der Waals surface area contributed by atoms with Crippen LogP contribution in [0.25, 0.3) is 0 Å². The van der Waals surface area contributed by atoms with E-state index in [0.717, 1.165) is 19.5 Å². The molecule has 0 radical (unpaired) electrons. The second-order valence-electron chi connectivity index (χ2n) is 3.44. The van der Waals surface area contributed by atoms with Gasteiger partial charge in [0.1, 0.15) is 0 Å². The Labute approximate surface area is 82.8 Å². The van der Waals surface area contributed by atoms with Gasteiger partial charge in [-0.3, -0.25) is 0 Å². The van der Waals surface area contributed by atoms with Crippen LogP contribution < -0.4 is 10.6 Å². The molecule has 0 aromatic heterocycles. The molecule has 0 aromatic rings. The van der Waals surface area contributed by atoms with Gasteiger partial charge in [0.2, 0.25) is 0 Å². The molecule has 0 saturated heterocycles. The minimum atomic E-state index is 0.989. The van der Waals surface area contributed by atoms with Crippen molar-refractivity contribution in [1.82, 2.24) is 10.6 Å². The molecule has 0 aromatic carbocycles. The molecule has 0 bridgehead atoms. The largest absolute Gasteiger partial charge is 0.388 e. The number of unbranched alkanes of at least 4 members (excludes halogenated alkanes) is 3. The first-order valence-corrected chi connectivity index (χ1v) is 5.37. The van der Waals surface area contributed by atoms with Gasteiger partial charge in [-0.2, -0.15) is 0 Å². The van der Waals surface area contributed by atoms with Crippen LogP contribution in [-0.4, -0.2) is 20.1 Å². The van der Waals surface area contributed by atoms with Gasteiger partial charge < -0.3 is 10.6 Å². The summed E-state index contributed by atoms with van der Waals surface area (Å²) >= 11 is 0. The molecular formula is C11H24N2. The van der Waals surface area contributed by atoms with Gasteiger partial charge in [0.15, 0.2) is 0 Å². The van der Waals surface area contributed by atoms with E-state index in [9.17, 15) is 0 Å². The van der Waals surface area contributed by atoms with Crippen molar-refractivity contribution in [2.75, 3.05) is 20.1 Å². The molecule has 0 amide bonds. The number of allylic oxidation sites excluding steroid dienone is 1. The second kappa shape index (κ2) is 9.59. The summed E-state index contributed by atoms with van der Waals surface area (Å²) in [5, 5.41) is 6.40. The lowest BCUT2D eigenvalue weighted by Crippen LogP contribution is -2.23. The van der Waals surface area contributed by atoms with Crippen LogP contribution in [-0.2, 0) is 0 Å². The lowest BCUT2D eigenvalue weighted by molar-refractivity contribution is 0.630. The molecule has 0 fully saturated rings. The normalized spacial score (nSPS) is 10.0. The first kappa shape index (κ1) is 12.5. The van der Waals surface area contributed by atoms with Gasteiger partial charge in [0.05, 0.1) is 0 Å². The summed E-state index contributed by atoms with van der Waals surface area (Å²) in [6.45, 7) is 8.22. The quantitative estimate of drug-likeness (QED) is 0.537. The second-order valence-corrected chi connectivity index (χ2v) is 3.44. The summed E-state index contributed by atoms with van der Waals surface area (Å²) in [5.41, 5.74) is 1.19. The zero-order valence-corrected chi connectivity index (χ0v) is 9.16. The smallest absolute Gasteiger partial charge is 0.0268 e. The molecule has 2 N–H and O–H groups in total. The summed E-state index contributed by atoms with van der Waals surface area (Å²) in [5.74, 6) is 0. The highest BCUT2D eigenvalue weighted by molar-refractivity contribution is 4.90. The highest BCUT2D eigenvalue weighted by Crippen LogP contribution is 2.05. The highest BCUT2D eigenvalue weighted by Gasteiger charge is 1.92. The number of hydrogen-bond donors (Lipinski definition) is 2. The van der Waals surface area contributed by atoms with Crippen molar-refractivity contribution in [3.8, 4) is 0 Å². The van der Waals surface area contributed by atoms with Crippen molar-refractivity contribution in [2.45, 2.75) is 39.0 Å². The Hall–Kier alpha value is -0.500. The standard InChI is InChI=1S/C11H24N2/c1-4-5-6-7-8-11(2)13-10-9-12-3/h12-13H,2,4-10H2,1,3H3. The van der Waals surface area contributed by atoms with E-state index in [1.54, 1.807) is 0 Å². The van der Waals surface area contributed by atoms with E-state index in [2.05, 4.69) is 24.1 Å². The maximum Gasteiger partial charge on any atom is 0.0268 e. The molecule has 2 heteroatoms. The topological polar surface area (TPSA) is 24.1 Å². The van der Waals surface area contributed by atoms with E-state index in [0.29, 0.717) is 0 Å². The van der Waals surface area contributed by atoms with Crippen molar-refractivity contribution in [3.63, 3.8) is 0 Å². The molecular weight excluding hydrogens is 160 g/mol. The molecule has 0 aliphatic carbocycles.